The van der Waals surface area contributed by atoms with Gasteiger partial charge in [0.05, 0.1) is 6.61 Å². The normalized spacial score (nSPS) is 25.3. The van der Waals surface area contributed by atoms with E-state index < -0.39 is 0 Å². The number of hydrogen-bond acceptors (Lipinski definition) is 2. The highest BCUT2D eigenvalue weighted by atomic mass is 35.5. The maximum atomic E-state index is 9.39. The Morgan fingerprint density at radius 3 is 2.81 bits per heavy atom. The Balaban J connectivity index is 2.30. The Kier molecular flexibility index (Phi) is 7.42. The van der Waals surface area contributed by atoms with Crippen LogP contribution in [0.3, 0.4) is 0 Å². The van der Waals surface area contributed by atoms with E-state index >= 15 is 0 Å². The molecule has 96 valence electrons. The zero-order chi connectivity index (χ0) is 11.8. The van der Waals surface area contributed by atoms with Gasteiger partial charge in [-0.15, -0.1) is 11.6 Å². The zero-order valence-corrected chi connectivity index (χ0v) is 11.3. The van der Waals surface area contributed by atoms with Crippen LogP contribution in [0.1, 0.15) is 45.4 Å². The van der Waals surface area contributed by atoms with Crippen LogP contribution in [0.2, 0.25) is 0 Å². The molecule has 1 aliphatic rings. The summed E-state index contributed by atoms with van der Waals surface area (Å²) in [6, 6.07) is 0.408. The summed E-state index contributed by atoms with van der Waals surface area (Å²) in [6.07, 6.45) is 7.38. The van der Waals surface area contributed by atoms with E-state index in [1.807, 2.05) is 0 Å². The Hall–Kier alpha value is 0.210. The predicted molar refractivity (Wildman–Crippen MR) is 70.0 cm³/mol. The third-order valence-corrected chi connectivity index (χ3v) is 3.94. The van der Waals surface area contributed by atoms with Crippen LogP contribution in [0.25, 0.3) is 0 Å². The molecular weight excluding hydrogens is 222 g/mol. The Morgan fingerprint density at radius 2 is 2.12 bits per heavy atom. The number of hydrogen-bond donors (Lipinski definition) is 1. The molecule has 0 saturated carbocycles. The molecule has 1 saturated heterocycles. The number of aliphatic hydroxyl groups excluding tert-OH is 1. The number of nitrogens with zero attached hydrogens (tertiary/aromatic N) is 1. The lowest BCUT2D eigenvalue weighted by Gasteiger charge is -2.29. The molecular formula is C13H26ClNO. The summed E-state index contributed by atoms with van der Waals surface area (Å²) < 4.78 is 0. The van der Waals surface area contributed by atoms with E-state index in [2.05, 4.69) is 11.8 Å². The van der Waals surface area contributed by atoms with Gasteiger partial charge in [0.1, 0.15) is 0 Å². The first-order valence-electron chi connectivity index (χ1n) is 6.68. The molecule has 1 N–H and O–H groups in total. The van der Waals surface area contributed by atoms with Crippen molar-refractivity contribution in [3.63, 3.8) is 0 Å². The number of alkyl halides is 1. The average molecular weight is 248 g/mol. The molecule has 1 rings (SSSR count). The summed E-state index contributed by atoms with van der Waals surface area (Å²) in [5.41, 5.74) is 0. The number of likely N-dealkylation sites (tertiary alicyclic amines) is 1. The van der Waals surface area contributed by atoms with Gasteiger partial charge in [-0.25, -0.2) is 0 Å². The fourth-order valence-electron chi connectivity index (χ4n) is 2.45. The fraction of sp³-hybridized carbons (Fsp3) is 1.00. The first kappa shape index (κ1) is 14.3. The minimum atomic E-state index is 0.323. The van der Waals surface area contributed by atoms with Crippen LogP contribution in [0.4, 0.5) is 0 Å². The summed E-state index contributed by atoms with van der Waals surface area (Å²) in [5, 5.41) is 9.39. The van der Waals surface area contributed by atoms with Gasteiger partial charge < -0.3 is 5.11 Å². The van der Waals surface area contributed by atoms with E-state index in [0.29, 0.717) is 18.6 Å². The van der Waals surface area contributed by atoms with Gasteiger partial charge >= 0.3 is 0 Å². The highest BCUT2D eigenvalue weighted by Gasteiger charge is 2.20. The second-order valence-corrected chi connectivity index (χ2v) is 5.47. The fourth-order valence-corrected chi connectivity index (χ4v) is 2.83. The molecule has 0 radical (unpaired) electrons. The van der Waals surface area contributed by atoms with Crippen molar-refractivity contribution in [1.82, 2.24) is 4.90 Å². The van der Waals surface area contributed by atoms with Crippen molar-refractivity contribution in [2.24, 2.45) is 5.92 Å². The van der Waals surface area contributed by atoms with E-state index in [-0.39, 0.29) is 0 Å². The number of rotatable bonds is 6. The summed E-state index contributed by atoms with van der Waals surface area (Å²) in [5.74, 6) is 1.48. The van der Waals surface area contributed by atoms with E-state index in [0.717, 1.165) is 18.8 Å². The van der Waals surface area contributed by atoms with Crippen molar-refractivity contribution in [2.45, 2.75) is 51.5 Å². The third-order valence-electron chi connectivity index (χ3n) is 3.72. The standard InChI is InChI=1S/C13H26ClNO/c1-12(6-8-14)7-10-15-9-4-2-3-5-13(15)11-16/h12-13,16H,2-11H2,1H3. The second kappa shape index (κ2) is 8.32. The Labute approximate surface area is 105 Å². The summed E-state index contributed by atoms with van der Waals surface area (Å²) in [4.78, 5) is 2.48. The van der Waals surface area contributed by atoms with Crippen LogP contribution >= 0.6 is 11.6 Å². The van der Waals surface area contributed by atoms with Gasteiger partial charge in [0.25, 0.3) is 0 Å². The molecule has 0 aromatic rings. The smallest absolute Gasteiger partial charge is 0.0586 e. The van der Waals surface area contributed by atoms with Crippen molar-refractivity contribution >= 4 is 11.6 Å². The average Bonchev–Trinajstić information content (AvgIpc) is 2.51. The first-order valence-corrected chi connectivity index (χ1v) is 7.22. The minimum absolute atomic E-state index is 0.323. The second-order valence-electron chi connectivity index (χ2n) is 5.09. The minimum Gasteiger partial charge on any atom is -0.395 e. The van der Waals surface area contributed by atoms with Crippen molar-refractivity contribution in [3.05, 3.63) is 0 Å². The molecule has 0 aliphatic carbocycles. The highest BCUT2D eigenvalue weighted by molar-refractivity contribution is 6.17. The molecule has 2 unspecified atom stereocenters. The van der Waals surface area contributed by atoms with Crippen molar-refractivity contribution < 1.29 is 5.11 Å². The zero-order valence-electron chi connectivity index (χ0n) is 10.5. The first-order chi connectivity index (χ1) is 7.77. The molecule has 0 bridgehead atoms. The van der Waals surface area contributed by atoms with Gasteiger partial charge in [0.15, 0.2) is 0 Å². The predicted octanol–water partition coefficient (Wildman–Crippen LogP) is 2.88. The molecule has 1 fully saturated rings. The topological polar surface area (TPSA) is 23.5 Å². The lowest BCUT2D eigenvalue weighted by molar-refractivity contribution is 0.119. The monoisotopic (exact) mass is 247 g/mol. The summed E-state index contributed by atoms with van der Waals surface area (Å²) in [6.45, 7) is 4.89. The molecule has 0 spiro atoms. The largest absolute Gasteiger partial charge is 0.395 e. The molecule has 0 amide bonds. The molecule has 0 aromatic carbocycles. The van der Waals surface area contributed by atoms with Crippen LogP contribution in [0.15, 0.2) is 0 Å². The van der Waals surface area contributed by atoms with Gasteiger partial charge in [0, 0.05) is 11.9 Å². The third kappa shape index (κ3) is 5.03. The van der Waals surface area contributed by atoms with Crippen LogP contribution in [-0.4, -0.2) is 41.6 Å². The SMILES string of the molecule is CC(CCCl)CCN1CCCCCC1CO. The van der Waals surface area contributed by atoms with Crippen LogP contribution in [-0.2, 0) is 0 Å². The van der Waals surface area contributed by atoms with Crippen LogP contribution < -0.4 is 0 Å². The van der Waals surface area contributed by atoms with Gasteiger partial charge in [-0.2, -0.15) is 0 Å². The molecule has 3 heteroatoms. The Bertz CT molecular complexity index is 177. The van der Waals surface area contributed by atoms with Gasteiger partial charge in [-0.1, -0.05) is 19.8 Å². The van der Waals surface area contributed by atoms with E-state index in [1.54, 1.807) is 0 Å². The van der Waals surface area contributed by atoms with E-state index in [4.69, 9.17) is 11.6 Å². The van der Waals surface area contributed by atoms with Crippen molar-refractivity contribution in [1.29, 1.82) is 0 Å². The molecule has 1 heterocycles. The van der Waals surface area contributed by atoms with Crippen LogP contribution in [0, 0.1) is 5.92 Å². The summed E-state index contributed by atoms with van der Waals surface area (Å²) in [7, 11) is 0. The summed E-state index contributed by atoms with van der Waals surface area (Å²) >= 11 is 5.75. The number of halogens is 1. The van der Waals surface area contributed by atoms with E-state index in [9.17, 15) is 5.11 Å². The lowest BCUT2D eigenvalue weighted by Crippen LogP contribution is -2.38. The number of aliphatic hydroxyl groups is 1. The van der Waals surface area contributed by atoms with Crippen LogP contribution in [0.5, 0.6) is 0 Å². The van der Waals surface area contributed by atoms with Crippen molar-refractivity contribution in [3.8, 4) is 0 Å². The molecule has 1 aliphatic heterocycles. The highest BCUT2D eigenvalue weighted by Crippen LogP contribution is 2.18. The molecule has 2 nitrogen and oxygen atoms in total. The van der Waals surface area contributed by atoms with Gasteiger partial charge in [0.2, 0.25) is 0 Å². The van der Waals surface area contributed by atoms with Gasteiger partial charge in [-0.3, -0.25) is 4.90 Å². The van der Waals surface area contributed by atoms with Gasteiger partial charge in [-0.05, 0) is 44.7 Å². The van der Waals surface area contributed by atoms with Crippen molar-refractivity contribution in [2.75, 3.05) is 25.6 Å². The lowest BCUT2D eigenvalue weighted by atomic mass is 10.0. The maximum Gasteiger partial charge on any atom is 0.0586 e. The Morgan fingerprint density at radius 1 is 1.31 bits per heavy atom. The maximum absolute atomic E-state index is 9.39. The quantitative estimate of drug-likeness (QED) is 0.730. The van der Waals surface area contributed by atoms with E-state index in [1.165, 1.54) is 38.6 Å². The molecule has 16 heavy (non-hydrogen) atoms. The molecule has 2 atom stereocenters. The molecule has 0 aromatic heterocycles.